The van der Waals surface area contributed by atoms with Crippen LogP contribution in [0.4, 0.5) is 0 Å². The number of ether oxygens (including phenoxy) is 1. The van der Waals surface area contributed by atoms with Crippen LogP contribution in [0.5, 0.6) is 5.75 Å². The number of primary amides is 1. The molecule has 6 nitrogen and oxygen atoms in total. The zero-order valence-corrected chi connectivity index (χ0v) is 19.2. The predicted octanol–water partition coefficient (Wildman–Crippen LogP) is 4.78. The number of carbonyl (C=O) groups excluding carboxylic acids is 1. The van der Waals surface area contributed by atoms with Gasteiger partial charge in [0.2, 0.25) is 0 Å². The quantitative estimate of drug-likeness (QED) is 0.360. The molecular formula is C28H29N3O3. The summed E-state index contributed by atoms with van der Waals surface area (Å²) in [6, 6.07) is 26.4. The number of imidazole rings is 1. The summed E-state index contributed by atoms with van der Waals surface area (Å²) in [5, 5.41) is 10.3. The number of hydrogen-bond acceptors (Lipinski definition) is 4. The van der Waals surface area contributed by atoms with E-state index in [1.54, 1.807) is 24.0 Å². The first-order valence-corrected chi connectivity index (χ1v) is 11.4. The number of aliphatic hydroxyl groups is 1. The molecule has 0 fully saturated rings. The van der Waals surface area contributed by atoms with Gasteiger partial charge in [-0.2, -0.15) is 0 Å². The Morgan fingerprint density at radius 3 is 2.35 bits per heavy atom. The first-order chi connectivity index (χ1) is 16.5. The number of hydrogen-bond donors (Lipinski definition) is 2. The molecule has 6 heteroatoms. The summed E-state index contributed by atoms with van der Waals surface area (Å²) in [5.41, 5.74) is 10.0. The first-order valence-electron chi connectivity index (χ1n) is 11.4. The van der Waals surface area contributed by atoms with Gasteiger partial charge in [-0.05, 0) is 48.1 Å². The third-order valence-corrected chi connectivity index (χ3v) is 5.93. The second kappa shape index (κ2) is 10.8. The predicted molar refractivity (Wildman–Crippen MR) is 132 cm³/mol. The maximum absolute atomic E-state index is 11.4. The maximum Gasteiger partial charge on any atom is 0.268 e. The van der Waals surface area contributed by atoms with Crippen LogP contribution in [0.3, 0.4) is 0 Å². The molecule has 0 aliphatic rings. The highest BCUT2D eigenvalue weighted by Gasteiger charge is 2.19. The van der Waals surface area contributed by atoms with E-state index in [1.807, 2.05) is 42.5 Å². The fraction of sp³-hybridized carbons (Fsp3) is 0.214. The normalized spacial score (nSPS) is 12.8. The van der Waals surface area contributed by atoms with E-state index >= 15 is 0 Å². The topological polar surface area (TPSA) is 90.4 Å². The van der Waals surface area contributed by atoms with Crippen molar-refractivity contribution in [3.8, 4) is 16.9 Å². The van der Waals surface area contributed by atoms with Gasteiger partial charge in [-0.1, -0.05) is 72.8 Å². The largest absolute Gasteiger partial charge is 0.489 e. The highest BCUT2D eigenvalue weighted by atomic mass is 16.5. The van der Waals surface area contributed by atoms with Crippen molar-refractivity contribution in [2.45, 2.75) is 38.5 Å². The summed E-state index contributed by atoms with van der Waals surface area (Å²) in [4.78, 5) is 15.4. The molecular weight excluding hydrogens is 426 g/mol. The van der Waals surface area contributed by atoms with Crippen LogP contribution in [0.1, 0.15) is 41.0 Å². The maximum atomic E-state index is 11.4. The summed E-state index contributed by atoms with van der Waals surface area (Å²) in [6.45, 7) is 2.20. The molecule has 0 aliphatic carbocycles. The number of nitrogens with zero attached hydrogens (tertiary/aromatic N) is 2. The highest BCUT2D eigenvalue weighted by Crippen LogP contribution is 2.26. The molecule has 0 radical (unpaired) electrons. The van der Waals surface area contributed by atoms with Crippen molar-refractivity contribution in [1.29, 1.82) is 0 Å². The van der Waals surface area contributed by atoms with Gasteiger partial charge in [0.05, 0.1) is 18.5 Å². The van der Waals surface area contributed by atoms with Crippen molar-refractivity contribution in [2.24, 2.45) is 5.73 Å². The Morgan fingerprint density at radius 1 is 1.00 bits per heavy atom. The zero-order valence-electron chi connectivity index (χ0n) is 19.2. The van der Waals surface area contributed by atoms with Crippen molar-refractivity contribution >= 4 is 5.91 Å². The molecule has 2 unspecified atom stereocenters. The smallest absolute Gasteiger partial charge is 0.268 e. The van der Waals surface area contributed by atoms with E-state index in [0.29, 0.717) is 19.4 Å². The molecule has 0 bridgehead atoms. The first kappa shape index (κ1) is 23.3. The number of rotatable bonds is 10. The van der Waals surface area contributed by atoms with Gasteiger partial charge in [-0.25, -0.2) is 4.98 Å². The minimum absolute atomic E-state index is 0.188. The van der Waals surface area contributed by atoms with Gasteiger partial charge in [0, 0.05) is 6.20 Å². The number of amides is 1. The van der Waals surface area contributed by atoms with Crippen LogP contribution in [0.2, 0.25) is 0 Å². The number of aryl methyl sites for hydroxylation is 1. The van der Waals surface area contributed by atoms with E-state index in [1.165, 1.54) is 11.1 Å². The molecule has 174 valence electrons. The number of carbonyl (C=O) groups is 1. The molecule has 0 saturated heterocycles. The standard InChI is InChI=1S/C28H29N3O3/c1-20(32)26(31-17-25(28(29)33)30-19-31)16-15-24-9-5-6-10-27(24)34-18-21-11-13-23(14-12-21)22-7-3-2-4-8-22/h2-14,17,19-20,26,32H,15-16,18H2,1H3,(H2,29,33). The van der Waals surface area contributed by atoms with Crippen LogP contribution in [0.15, 0.2) is 91.4 Å². The van der Waals surface area contributed by atoms with Crippen LogP contribution in [-0.4, -0.2) is 26.7 Å². The second-order valence-corrected chi connectivity index (χ2v) is 8.38. The Hall–Kier alpha value is -3.90. The minimum atomic E-state index is -0.619. The summed E-state index contributed by atoms with van der Waals surface area (Å²) in [5.74, 6) is 0.237. The average molecular weight is 456 g/mol. The van der Waals surface area contributed by atoms with Gasteiger partial charge in [0.25, 0.3) is 5.91 Å². The van der Waals surface area contributed by atoms with E-state index in [9.17, 15) is 9.90 Å². The highest BCUT2D eigenvalue weighted by molar-refractivity contribution is 5.90. The SMILES string of the molecule is CC(O)C(CCc1ccccc1OCc1ccc(-c2ccccc2)cc1)n1cnc(C(N)=O)c1. The van der Waals surface area contributed by atoms with Crippen molar-refractivity contribution in [1.82, 2.24) is 9.55 Å². The fourth-order valence-electron chi connectivity index (χ4n) is 4.02. The molecule has 0 saturated carbocycles. The van der Waals surface area contributed by atoms with E-state index in [2.05, 4.69) is 41.4 Å². The molecule has 2 atom stereocenters. The van der Waals surface area contributed by atoms with E-state index < -0.39 is 12.0 Å². The number of aromatic nitrogens is 2. The molecule has 1 heterocycles. The number of aliphatic hydroxyl groups excluding tert-OH is 1. The molecule has 3 aromatic carbocycles. The van der Waals surface area contributed by atoms with Crippen molar-refractivity contribution < 1.29 is 14.6 Å². The molecule has 0 spiro atoms. The van der Waals surface area contributed by atoms with Gasteiger partial charge >= 0.3 is 0 Å². The molecule has 1 aromatic heterocycles. The van der Waals surface area contributed by atoms with Gasteiger partial charge in [0.15, 0.2) is 0 Å². The monoisotopic (exact) mass is 455 g/mol. The Balaban J connectivity index is 1.40. The summed E-state index contributed by atoms with van der Waals surface area (Å²) in [7, 11) is 0. The lowest BCUT2D eigenvalue weighted by molar-refractivity contribution is 0.0994. The van der Waals surface area contributed by atoms with Crippen LogP contribution in [-0.2, 0) is 13.0 Å². The number of para-hydroxylation sites is 1. The van der Waals surface area contributed by atoms with Crippen LogP contribution < -0.4 is 10.5 Å². The molecule has 1 amide bonds. The molecule has 3 N–H and O–H groups in total. The number of nitrogens with two attached hydrogens (primary N) is 1. The minimum Gasteiger partial charge on any atom is -0.489 e. The molecule has 0 aliphatic heterocycles. The van der Waals surface area contributed by atoms with Crippen molar-refractivity contribution in [2.75, 3.05) is 0 Å². The molecule has 4 rings (SSSR count). The Labute approximate surface area is 199 Å². The summed E-state index contributed by atoms with van der Waals surface area (Å²) in [6.07, 6.45) is 3.85. The van der Waals surface area contributed by atoms with Crippen LogP contribution in [0, 0.1) is 0 Å². The summed E-state index contributed by atoms with van der Waals surface area (Å²) >= 11 is 0. The van der Waals surface area contributed by atoms with E-state index in [0.717, 1.165) is 16.9 Å². The second-order valence-electron chi connectivity index (χ2n) is 8.38. The Bertz CT molecular complexity index is 1220. The van der Waals surface area contributed by atoms with E-state index in [4.69, 9.17) is 10.5 Å². The summed E-state index contributed by atoms with van der Waals surface area (Å²) < 4.78 is 7.91. The lowest BCUT2D eigenvalue weighted by Gasteiger charge is -2.22. The third-order valence-electron chi connectivity index (χ3n) is 5.93. The van der Waals surface area contributed by atoms with Crippen molar-refractivity contribution in [3.63, 3.8) is 0 Å². The van der Waals surface area contributed by atoms with Gasteiger partial charge in [-0.15, -0.1) is 0 Å². The van der Waals surface area contributed by atoms with E-state index in [-0.39, 0.29) is 11.7 Å². The van der Waals surface area contributed by atoms with Crippen molar-refractivity contribution in [3.05, 3.63) is 108 Å². The van der Waals surface area contributed by atoms with Crippen LogP contribution >= 0.6 is 0 Å². The molecule has 34 heavy (non-hydrogen) atoms. The van der Waals surface area contributed by atoms with Gasteiger partial charge in [0.1, 0.15) is 18.1 Å². The zero-order chi connectivity index (χ0) is 23.9. The average Bonchev–Trinajstić information content (AvgIpc) is 3.34. The number of benzene rings is 3. The Kier molecular flexibility index (Phi) is 7.40. The lowest BCUT2D eigenvalue weighted by Crippen LogP contribution is -2.21. The Morgan fingerprint density at radius 2 is 1.68 bits per heavy atom. The fourth-order valence-corrected chi connectivity index (χ4v) is 4.02. The molecule has 4 aromatic rings. The van der Waals surface area contributed by atoms with Gasteiger partial charge in [-0.3, -0.25) is 4.79 Å². The van der Waals surface area contributed by atoms with Gasteiger partial charge < -0.3 is 20.1 Å². The third kappa shape index (κ3) is 5.71. The van der Waals surface area contributed by atoms with Crippen LogP contribution in [0.25, 0.3) is 11.1 Å². The lowest BCUT2D eigenvalue weighted by atomic mass is 10.0.